The van der Waals surface area contributed by atoms with Crippen molar-refractivity contribution < 1.29 is 9.59 Å². The lowest BCUT2D eigenvalue weighted by Crippen LogP contribution is -2.23. The van der Waals surface area contributed by atoms with Crippen molar-refractivity contribution in [3.8, 4) is 0 Å². The molecular weight excluding hydrogens is 204 g/mol. The summed E-state index contributed by atoms with van der Waals surface area (Å²) in [6, 6.07) is 0. The Labute approximate surface area is 98.5 Å². The number of carbonyl (C=O) groups is 2. The van der Waals surface area contributed by atoms with Crippen LogP contribution in [0.5, 0.6) is 0 Å². The molecular formula is C12H24N2O2. The molecule has 0 atom stereocenters. The molecule has 0 saturated heterocycles. The van der Waals surface area contributed by atoms with Crippen LogP contribution in [0.4, 0.5) is 0 Å². The van der Waals surface area contributed by atoms with E-state index < -0.39 is 0 Å². The molecule has 2 amide bonds. The van der Waals surface area contributed by atoms with Crippen LogP contribution in [0.2, 0.25) is 0 Å². The van der Waals surface area contributed by atoms with Crippen molar-refractivity contribution in [1.82, 2.24) is 10.6 Å². The Balaban J connectivity index is 0. The SMILES string of the molecule is C.CC=CC(=O)NCCCCCNC(C)=O. The molecule has 0 aromatic heterocycles. The molecule has 0 aromatic rings. The number of carbonyl (C=O) groups excluding carboxylic acids is 2. The van der Waals surface area contributed by atoms with Gasteiger partial charge in [0, 0.05) is 20.0 Å². The number of amides is 2. The van der Waals surface area contributed by atoms with Crippen LogP contribution in [0.25, 0.3) is 0 Å². The number of hydrogen-bond donors (Lipinski definition) is 2. The molecule has 0 bridgehead atoms. The van der Waals surface area contributed by atoms with E-state index in [1.807, 2.05) is 6.92 Å². The maximum atomic E-state index is 11.0. The Hall–Kier alpha value is -1.32. The molecule has 4 heteroatoms. The standard InChI is InChI=1S/C11H20N2O2.CH4/c1-3-7-11(15)13-9-6-4-5-8-12-10(2)14;/h3,7H,4-6,8-9H2,1-2H3,(H,12,14)(H,13,15);1H4. The highest BCUT2D eigenvalue weighted by molar-refractivity contribution is 5.87. The maximum absolute atomic E-state index is 11.0. The fraction of sp³-hybridized carbons (Fsp3) is 0.667. The van der Waals surface area contributed by atoms with Gasteiger partial charge in [0.05, 0.1) is 0 Å². The van der Waals surface area contributed by atoms with E-state index in [1.165, 1.54) is 13.0 Å². The first kappa shape index (κ1) is 17.1. The minimum Gasteiger partial charge on any atom is -0.356 e. The van der Waals surface area contributed by atoms with E-state index in [1.54, 1.807) is 6.08 Å². The zero-order valence-corrected chi connectivity index (χ0v) is 9.51. The average Bonchev–Trinajstić information content (AvgIpc) is 2.16. The summed E-state index contributed by atoms with van der Waals surface area (Å²) in [6.45, 7) is 4.74. The van der Waals surface area contributed by atoms with Crippen LogP contribution >= 0.6 is 0 Å². The van der Waals surface area contributed by atoms with Gasteiger partial charge in [0.1, 0.15) is 0 Å². The summed E-state index contributed by atoms with van der Waals surface area (Å²) < 4.78 is 0. The van der Waals surface area contributed by atoms with Gasteiger partial charge in [-0.05, 0) is 32.3 Å². The fourth-order valence-corrected chi connectivity index (χ4v) is 1.11. The zero-order chi connectivity index (χ0) is 11.5. The summed E-state index contributed by atoms with van der Waals surface area (Å²) in [6.07, 6.45) is 6.14. The minimum absolute atomic E-state index is 0. The van der Waals surface area contributed by atoms with Crippen LogP contribution < -0.4 is 10.6 Å². The van der Waals surface area contributed by atoms with Crippen LogP contribution in [0, 0.1) is 0 Å². The predicted molar refractivity (Wildman–Crippen MR) is 67.1 cm³/mol. The van der Waals surface area contributed by atoms with Crippen molar-refractivity contribution in [3.63, 3.8) is 0 Å². The first-order valence-electron chi connectivity index (χ1n) is 5.31. The Kier molecular flexibility index (Phi) is 12.6. The van der Waals surface area contributed by atoms with E-state index in [9.17, 15) is 9.59 Å². The number of hydrogen-bond acceptors (Lipinski definition) is 2. The number of unbranched alkanes of at least 4 members (excludes halogenated alkanes) is 2. The van der Waals surface area contributed by atoms with Crippen LogP contribution in [-0.2, 0) is 9.59 Å². The molecule has 0 aliphatic carbocycles. The van der Waals surface area contributed by atoms with Gasteiger partial charge in [-0.25, -0.2) is 0 Å². The molecule has 4 nitrogen and oxygen atoms in total. The van der Waals surface area contributed by atoms with Crippen molar-refractivity contribution in [2.75, 3.05) is 13.1 Å². The zero-order valence-electron chi connectivity index (χ0n) is 9.51. The Morgan fingerprint density at radius 1 is 1.06 bits per heavy atom. The molecule has 0 fully saturated rings. The molecule has 0 saturated carbocycles. The summed E-state index contributed by atoms with van der Waals surface area (Å²) in [7, 11) is 0. The minimum atomic E-state index is -0.0423. The molecule has 0 aliphatic heterocycles. The second-order valence-corrected chi connectivity index (χ2v) is 3.33. The second-order valence-electron chi connectivity index (χ2n) is 3.33. The maximum Gasteiger partial charge on any atom is 0.243 e. The van der Waals surface area contributed by atoms with Gasteiger partial charge in [-0.2, -0.15) is 0 Å². The molecule has 2 N–H and O–H groups in total. The monoisotopic (exact) mass is 228 g/mol. The van der Waals surface area contributed by atoms with Gasteiger partial charge in [0.2, 0.25) is 11.8 Å². The number of rotatable bonds is 7. The van der Waals surface area contributed by atoms with Crippen molar-refractivity contribution in [2.24, 2.45) is 0 Å². The predicted octanol–water partition coefficient (Wildman–Crippen LogP) is 1.62. The molecule has 0 aromatic carbocycles. The third-order valence-electron chi connectivity index (χ3n) is 1.84. The van der Waals surface area contributed by atoms with Crippen LogP contribution in [0.15, 0.2) is 12.2 Å². The first-order chi connectivity index (χ1) is 7.16. The van der Waals surface area contributed by atoms with Gasteiger partial charge >= 0.3 is 0 Å². The lowest BCUT2D eigenvalue weighted by molar-refractivity contribution is -0.119. The van der Waals surface area contributed by atoms with Crippen LogP contribution in [0.3, 0.4) is 0 Å². The van der Waals surface area contributed by atoms with Crippen molar-refractivity contribution >= 4 is 11.8 Å². The Morgan fingerprint density at radius 2 is 1.62 bits per heavy atom. The van der Waals surface area contributed by atoms with Crippen molar-refractivity contribution in [2.45, 2.75) is 40.5 Å². The van der Waals surface area contributed by atoms with Gasteiger partial charge in [-0.3, -0.25) is 9.59 Å². The van der Waals surface area contributed by atoms with Crippen LogP contribution in [-0.4, -0.2) is 24.9 Å². The molecule has 94 valence electrons. The van der Waals surface area contributed by atoms with E-state index in [0.29, 0.717) is 6.54 Å². The highest BCUT2D eigenvalue weighted by Crippen LogP contribution is 1.92. The van der Waals surface area contributed by atoms with Gasteiger partial charge in [-0.15, -0.1) is 0 Å². The molecule has 0 rings (SSSR count). The lowest BCUT2D eigenvalue weighted by atomic mass is 10.2. The van der Waals surface area contributed by atoms with Gasteiger partial charge in [-0.1, -0.05) is 13.5 Å². The van der Waals surface area contributed by atoms with Gasteiger partial charge in [0.15, 0.2) is 0 Å². The smallest absolute Gasteiger partial charge is 0.243 e. The molecule has 0 radical (unpaired) electrons. The molecule has 0 unspecified atom stereocenters. The summed E-state index contributed by atoms with van der Waals surface area (Å²) in [4.78, 5) is 21.5. The fourth-order valence-electron chi connectivity index (χ4n) is 1.11. The topological polar surface area (TPSA) is 58.2 Å². The van der Waals surface area contributed by atoms with Crippen molar-refractivity contribution in [3.05, 3.63) is 12.2 Å². The lowest BCUT2D eigenvalue weighted by Gasteiger charge is -2.03. The Bertz CT molecular complexity index is 225. The van der Waals surface area contributed by atoms with E-state index in [-0.39, 0.29) is 19.2 Å². The van der Waals surface area contributed by atoms with Gasteiger partial charge in [0.25, 0.3) is 0 Å². The summed E-state index contributed by atoms with van der Waals surface area (Å²) >= 11 is 0. The highest BCUT2D eigenvalue weighted by atomic mass is 16.2. The van der Waals surface area contributed by atoms with E-state index in [2.05, 4.69) is 10.6 Å². The van der Waals surface area contributed by atoms with E-state index in [4.69, 9.17) is 0 Å². The third kappa shape index (κ3) is 12.7. The van der Waals surface area contributed by atoms with E-state index >= 15 is 0 Å². The molecule has 0 heterocycles. The first-order valence-corrected chi connectivity index (χ1v) is 5.31. The summed E-state index contributed by atoms with van der Waals surface area (Å²) in [5.74, 6) is -0.0317. The number of nitrogens with one attached hydrogen (secondary N) is 2. The largest absolute Gasteiger partial charge is 0.356 e. The highest BCUT2D eigenvalue weighted by Gasteiger charge is 1.94. The molecule has 0 aliphatic rings. The molecule has 0 spiro atoms. The quantitative estimate of drug-likeness (QED) is 0.514. The van der Waals surface area contributed by atoms with Crippen molar-refractivity contribution in [1.29, 1.82) is 0 Å². The summed E-state index contributed by atoms with van der Waals surface area (Å²) in [5.41, 5.74) is 0. The normalized spacial score (nSPS) is 9.62. The average molecular weight is 228 g/mol. The third-order valence-corrected chi connectivity index (χ3v) is 1.84. The van der Waals surface area contributed by atoms with Crippen LogP contribution in [0.1, 0.15) is 40.5 Å². The second kappa shape index (κ2) is 11.8. The number of allylic oxidation sites excluding steroid dienone is 1. The van der Waals surface area contributed by atoms with E-state index in [0.717, 1.165) is 25.8 Å². The molecule has 16 heavy (non-hydrogen) atoms. The summed E-state index contributed by atoms with van der Waals surface area (Å²) in [5, 5.41) is 5.50. The Morgan fingerprint density at radius 3 is 2.12 bits per heavy atom. The van der Waals surface area contributed by atoms with Gasteiger partial charge < -0.3 is 10.6 Å².